The summed E-state index contributed by atoms with van der Waals surface area (Å²) in [4.78, 5) is 29.0. The molecule has 1 N–H and O–H groups in total. The minimum Gasteiger partial charge on any atom is -0.368 e. The average Bonchev–Trinajstić information content (AvgIpc) is 2.67. The SMILES string of the molecule is Cc1ccc(C)c(NC(=O)CC(=O)N2CCN(c3cccc(C)c3C)CC2)c1. The van der Waals surface area contributed by atoms with Gasteiger partial charge in [0, 0.05) is 37.6 Å². The molecule has 0 bridgehead atoms. The van der Waals surface area contributed by atoms with Crippen molar-refractivity contribution in [3.63, 3.8) is 0 Å². The molecule has 1 aliphatic rings. The molecule has 1 aliphatic heterocycles. The second kappa shape index (κ2) is 8.46. The number of rotatable bonds is 4. The second-order valence-corrected chi connectivity index (χ2v) is 7.63. The quantitative estimate of drug-likeness (QED) is 0.826. The highest BCUT2D eigenvalue weighted by molar-refractivity contribution is 6.04. The summed E-state index contributed by atoms with van der Waals surface area (Å²) in [7, 11) is 0. The number of carbonyl (C=O) groups is 2. The fourth-order valence-electron chi connectivity index (χ4n) is 3.59. The molecule has 0 atom stereocenters. The Kier molecular flexibility index (Phi) is 6.02. The third-order valence-electron chi connectivity index (χ3n) is 5.53. The Labute approximate surface area is 167 Å². The van der Waals surface area contributed by atoms with E-state index in [0.717, 1.165) is 29.9 Å². The van der Waals surface area contributed by atoms with Crippen LogP contribution in [0, 0.1) is 27.7 Å². The van der Waals surface area contributed by atoms with Gasteiger partial charge in [-0.3, -0.25) is 9.59 Å². The molecule has 0 spiro atoms. The number of hydrogen-bond acceptors (Lipinski definition) is 3. The summed E-state index contributed by atoms with van der Waals surface area (Å²) in [5.41, 5.74) is 6.65. The molecule has 1 fully saturated rings. The van der Waals surface area contributed by atoms with Gasteiger partial charge in [-0.15, -0.1) is 0 Å². The van der Waals surface area contributed by atoms with Gasteiger partial charge < -0.3 is 15.1 Å². The van der Waals surface area contributed by atoms with Crippen LogP contribution in [0.25, 0.3) is 0 Å². The standard InChI is InChI=1S/C23H29N3O2/c1-16-8-9-18(3)20(14-16)24-22(27)15-23(28)26-12-10-25(11-13-26)21-7-5-6-17(2)19(21)4/h5-9,14H,10-13,15H2,1-4H3,(H,24,27). The van der Waals surface area contributed by atoms with E-state index >= 15 is 0 Å². The molecule has 0 saturated carbocycles. The maximum absolute atomic E-state index is 12.6. The zero-order valence-electron chi connectivity index (χ0n) is 17.2. The van der Waals surface area contributed by atoms with Crippen LogP contribution in [0.1, 0.15) is 28.7 Å². The van der Waals surface area contributed by atoms with Crippen LogP contribution in [0.15, 0.2) is 36.4 Å². The summed E-state index contributed by atoms with van der Waals surface area (Å²) < 4.78 is 0. The smallest absolute Gasteiger partial charge is 0.233 e. The Morgan fingerprint density at radius 1 is 0.929 bits per heavy atom. The van der Waals surface area contributed by atoms with Crippen molar-refractivity contribution >= 4 is 23.2 Å². The van der Waals surface area contributed by atoms with E-state index in [1.165, 1.54) is 16.8 Å². The minimum atomic E-state index is -0.254. The molecule has 0 radical (unpaired) electrons. The Balaban J connectivity index is 1.54. The molecule has 2 aromatic rings. The van der Waals surface area contributed by atoms with Crippen molar-refractivity contribution in [3.05, 3.63) is 58.7 Å². The van der Waals surface area contributed by atoms with Crippen LogP contribution < -0.4 is 10.2 Å². The number of carbonyl (C=O) groups excluding carboxylic acids is 2. The van der Waals surface area contributed by atoms with E-state index in [1.807, 2.05) is 32.0 Å². The molecule has 0 aromatic heterocycles. The number of piperazine rings is 1. The Bertz CT molecular complexity index is 883. The molecule has 5 nitrogen and oxygen atoms in total. The van der Waals surface area contributed by atoms with Gasteiger partial charge in [0.05, 0.1) is 0 Å². The van der Waals surface area contributed by atoms with Crippen LogP contribution in [0.2, 0.25) is 0 Å². The summed E-state index contributed by atoms with van der Waals surface area (Å²) in [6.45, 7) is 11.0. The number of hydrogen-bond donors (Lipinski definition) is 1. The highest BCUT2D eigenvalue weighted by atomic mass is 16.2. The Morgan fingerprint density at radius 2 is 1.64 bits per heavy atom. The van der Waals surface area contributed by atoms with Crippen molar-refractivity contribution in [1.29, 1.82) is 0 Å². The average molecular weight is 380 g/mol. The number of benzene rings is 2. The summed E-state index contributed by atoms with van der Waals surface area (Å²) in [5.74, 6) is -0.362. The van der Waals surface area contributed by atoms with Gasteiger partial charge in [0.25, 0.3) is 0 Å². The van der Waals surface area contributed by atoms with Crippen molar-refractivity contribution in [3.8, 4) is 0 Å². The highest BCUT2D eigenvalue weighted by Gasteiger charge is 2.24. The van der Waals surface area contributed by atoms with E-state index < -0.39 is 0 Å². The predicted molar refractivity (Wildman–Crippen MR) is 114 cm³/mol. The first kappa shape index (κ1) is 19.9. The van der Waals surface area contributed by atoms with Crippen molar-refractivity contribution in [1.82, 2.24) is 4.90 Å². The predicted octanol–water partition coefficient (Wildman–Crippen LogP) is 3.60. The molecule has 2 aromatic carbocycles. The van der Waals surface area contributed by atoms with Gasteiger partial charge in [-0.25, -0.2) is 0 Å². The maximum atomic E-state index is 12.6. The van der Waals surface area contributed by atoms with Crippen LogP contribution in [0.4, 0.5) is 11.4 Å². The summed E-state index contributed by atoms with van der Waals surface area (Å²) in [6.07, 6.45) is -0.114. The molecule has 1 saturated heterocycles. The van der Waals surface area contributed by atoms with Crippen LogP contribution >= 0.6 is 0 Å². The zero-order valence-corrected chi connectivity index (χ0v) is 17.2. The minimum absolute atomic E-state index is 0.108. The highest BCUT2D eigenvalue weighted by Crippen LogP contribution is 2.24. The Hall–Kier alpha value is -2.82. The molecule has 2 amide bonds. The molecule has 148 valence electrons. The van der Waals surface area contributed by atoms with Crippen LogP contribution in [0.3, 0.4) is 0 Å². The van der Waals surface area contributed by atoms with Crippen LogP contribution in [-0.4, -0.2) is 42.9 Å². The molecule has 5 heteroatoms. The lowest BCUT2D eigenvalue weighted by atomic mass is 10.1. The van der Waals surface area contributed by atoms with E-state index in [-0.39, 0.29) is 18.2 Å². The number of nitrogens with zero attached hydrogens (tertiary/aromatic N) is 2. The van der Waals surface area contributed by atoms with Gasteiger partial charge in [-0.2, -0.15) is 0 Å². The summed E-state index contributed by atoms with van der Waals surface area (Å²) in [5, 5.41) is 2.87. The van der Waals surface area contributed by atoms with Gasteiger partial charge in [0.15, 0.2) is 0 Å². The fourth-order valence-corrected chi connectivity index (χ4v) is 3.59. The normalized spacial score (nSPS) is 14.1. The van der Waals surface area contributed by atoms with E-state index in [9.17, 15) is 9.59 Å². The first-order valence-corrected chi connectivity index (χ1v) is 9.81. The lowest BCUT2D eigenvalue weighted by Gasteiger charge is -2.37. The van der Waals surface area contributed by atoms with E-state index in [1.54, 1.807) is 4.90 Å². The fraction of sp³-hybridized carbons (Fsp3) is 0.391. The zero-order chi connectivity index (χ0) is 20.3. The van der Waals surface area contributed by atoms with Crippen molar-refractivity contribution in [2.75, 3.05) is 36.4 Å². The molecule has 0 unspecified atom stereocenters. The third-order valence-corrected chi connectivity index (χ3v) is 5.53. The molecule has 0 aliphatic carbocycles. The van der Waals surface area contributed by atoms with Crippen LogP contribution in [0.5, 0.6) is 0 Å². The van der Waals surface area contributed by atoms with Crippen molar-refractivity contribution in [2.24, 2.45) is 0 Å². The Morgan fingerprint density at radius 3 is 2.36 bits per heavy atom. The van der Waals surface area contributed by atoms with Gasteiger partial charge in [-0.1, -0.05) is 24.3 Å². The van der Waals surface area contributed by atoms with Gasteiger partial charge >= 0.3 is 0 Å². The van der Waals surface area contributed by atoms with E-state index in [4.69, 9.17) is 0 Å². The second-order valence-electron chi connectivity index (χ2n) is 7.63. The maximum Gasteiger partial charge on any atom is 0.233 e. The molecular formula is C23H29N3O2. The number of nitrogens with one attached hydrogen (secondary N) is 1. The first-order chi connectivity index (χ1) is 13.3. The lowest BCUT2D eigenvalue weighted by molar-refractivity contribution is -0.134. The first-order valence-electron chi connectivity index (χ1n) is 9.81. The van der Waals surface area contributed by atoms with Crippen molar-refractivity contribution in [2.45, 2.75) is 34.1 Å². The molecule has 3 rings (SSSR count). The molecular weight excluding hydrogens is 350 g/mol. The number of amides is 2. The van der Waals surface area contributed by atoms with E-state index in [0.29, 0.717) is 13.1 Å². The van der Waals surface area contributed by atoms with Crippen molar-refractivity contribution < 1.29 is 9.59 Å². The van der Waals surface area contributed by atoms with E-state index in [2.05, 4.69) is 42.3 Å². The van der Waals surface area contributed by atoms with Gasteiger partial charge in [-0.05, 0) is 62.1 Å². The van der Waals surface area contributed by atoms with Crippen LogP contribution in [-0.2, 0) is 9.59 Å². The largest absolute Gasteiger partial charge is 0.368 e. The molecule has 1 heterocycles. The monoisotopic (exact) mass is 379 g/mol. The number of anilines is 2. The van der Waals surface area contributed by atoms with Gasteiger partial charge in [0.1, 0.15) is 6.42 Å². The summed E-state index contributed by atoms with van der Waals surface area (Å²) >= 11 is 0. The topological polar surface area (TPSA) is 52.7 Å². The number of aryl methyl sites for hydroxylation is 3. The molecule has 28 heavy (non-hydrogen) atoms. The lowest BCUT2D eigenvalue weighted by Crippen LogP contribution is -2.49. The van der Waals surface area contributed by atoms with Gasteiger partial charge in [0.2, 0.25) is 11.8 Å². The third kappa shape index (κ3) is 4.53. The summed E-state index contributed by atoms with van der Waals surface area (Å²) in [6, 6.07) is 12.2.